The van der Waals surface area contributed by atoms with E-state index in [0.717, 1.165) is 17.7 Å². The Morgan fingerprint density at radius 3 is 2.52 bits per heavy atom. The number of anilines is 1. The van der Waals surface area contributed by atoms with Crippen molar-refractivity contribution >= 4 is 21.6 Å². The van der Waals surface area contributed by atoms with Gasteiger partial charge >= 0.3 is 6.18 Å². The van der Waals surface area contributed by atoms with Crippen molar-refractivity contribution in [3.8, 4) is 5.75 Å². The maximum absolute atomic E-state index is 12.8. The molecule has 0 aromatic heterocycles. The Morgan fingerprint density at radius 1 is 1.14 bits per heavy atom. The lowest BCUT2D eigenvalue weighted by Gasteiger charge is -2.13. The van der Waals surface area contributed by atoms with Crippen molar-refractivity contribution in [2.75, 3.05) is 12.4 Å². The molecule has 0 aliphatic carbocycles. The van der Waals surface area contributed by atoms with Crippen molar-refractivity contribution in [3.05, 3.63) is 58.1 Å². The molecule has 6 heteroatoms. The summed E-state index contributed by atoms with van der Waals surface area (Å²) in [7, 11) is 1.56. The second-order valence-electron chi connectivity index (χ2n) is 4.39. The number of benzene rings is 2. The van der Waals surface area contributed by atoms with Crippen LogP contribution in [0.5, 0.6) is 5.75 Å². The summed E-state index contributed by atoms with van der Waals surface area (Å²) in [6.45, 7) is 0.373. The molecule has 21 heavy (non-hydrogen) atoms. The Morgan fingerprint density at radius 2 is 1.86 bits per heavy atom. The molecule has 0 heterocycles. The van der Waals surface area contributed by atoms with E-state index >= 15 is 0 Å². The van der Waals surface area contributed by atoms with Crippen LogP contribution in [0.15, 0.2) is 46.9 Å². The van der Waals surface area contributed by atoms with E-state index in [2.05, 4.69) is 21.2 Å². The number of ether oxygens (including phenoxy) is 1. The topological polar surface area (TPSA) is 21.3 Å². The quantitative estimate of drug-likeness (QED) is 0.820. The van der Waals surface area contributed by atoms with Gasteiger partial charge in [0.2, 0.25) is 0 Å². The van der Waals surface area contributed by atoms with Crippen LogP contribution in [0.4, 0.5) is 18.9 Å². The third-order valence-electron chi connectivity index (χ3n) is 2.90. The summed E-state index contributed by atoms with van der Waals surface area (Å²) in [6.07, 6.45) is -4.37. The van der Waals surface area contributed by atoms with E-state index in [0.29, 0.717) is 22.5 Å². The number of hydrogen-bond donors (Lipinski definition) is 1. The lowest BCUT2D eigenvalue weighted by molar-refractivity contribution is -0.137. The molecule has 2 nitrogen and oxygen atoms in total. The maximum Gasteiger partial charge on any atom is 0.416 e. The van der Waals surface area contributed by atoms with Gasteiger partial charge in [-0.15, -0.1) is 0 Å². The lowest BCUT2D eigenvalue weighted by Crippen LogP contribution is -2.07. The van der Waals surface area contributed by atoms with E-state index in [9.17, 15) is 13.2 Å². The third-order valence-corrected chi connectivity index (χ3v) is 3.36. The summed E-state index contributed by atoms with van der Waals surface area (Å²) in [4.78, 5) is 0. The summed E-state index contributed by atoms with van der Waals surface area (Å²) >= 11 is 3.10. The van der Waals surface area contributed by atoms with Crippen molar-refractivity contribution in [2.24, 2.45) is 0 Å². The fourth-order valence-electron chi connectivity index (χ4n) is 1.90. The van der Waals surface area contributed by atoms with Crippen LogP contribution < -0.4 is 10.1 Å². The number of rotatable bonds is 4. The first kappa shape index (κ1) is 15.7. The second-order valence-corrected chi connectivity index (χ2v) is 5.31. The van der Waals surface area contributed by atoms with Gasteiger partial charge in [-0.05, 0) is 24.3 Å². The van der Waals surface area contributed by atoms with Gasteiger partial charge in [0, 0.05) is 22.3 Å². The fraction of sp³-hybridized carbons (Fsp3) is 0.200. The first-order chi connectivity index (χ1) is 9.90. The van der Waals surface area contributed by atoms with Crippen molar-refractivity contribution in [2.45, 2.75) is 12.7 Å². The van der Waals surface area contributed by atoms with Gasteiger partial charge in [-0.3, -0.25) is 0 Å². The van der Waals surface area contributed by atoms with Gasteiger partial charge < -0.3 is 10.1 Å². The predicted molar refractivity (Wildman–Crippen MR) is 79.5 cm³/mol. The van der Waals surface area contributed by atoms with Gasteiger partial charge in [0.1, 0.15) is 5.75 Å². The zero-order chi connectivity index (χ0) is 15.5. The fourth-order valence-corrected chi connectivity index (χ4v) is 2.39. The monoisotopic (exact) mass is 359 g/mol. The van der Waals surface area contributed by atoms with Crippen LogP contribution in [0.25, 0.3) is 0 Å². The van der Waals surface area contributed by atoms with Crippen LogP contribution in [-0.4, -0.2) is 7.11 Å². The third kappa shape index (κ3) is 4.14. The number of methoxy groups -OCH3 is 1. The smallest absolute Gasteiger partial charge is 0.416 e. The Labute approximate surface area is 129 Å². The van der Waals surface area contributed by atoms with Gasteiger partial charge in [0.15, 0.2) is 0 Å². The Bertz CT molecular complexity index is 629. The predicted octanol–water partition coefficient (Wildman–Crippen LogP) is 5.09. The van der Waals surface area contributed by atoms with Crippen molar-refractivity contribution in [3.63, 3.8) is 0 Å². The molecule has 0 radical (unpaired) electrons. The van der Waals surface area contributed by atoms with Gasteiger partial charge in [-0.25, -0.2) is 0 Å². The first-order valence-electron chi connectivity index (χ1n) is 6.13. The minimum absolute atomic E-state index is 0.373. The van der Waals surface area contributed by atoms with Gasteiger partial charge in [-0.1, -0.05) is 34.1 Å². The average Bonchev–Trinajstić information content (AvgIpc) is 2.44. The highest BCUT2D eigenvalue weighted by molar-refractivity contribution is 9.10. The SMILES string of the molecule is COc1ccccc1CNc1cc(Br)cc(C(F)(F)F)c1. The average molecular weight is 360 g/mol. The van der Waals surface area contributed by atoms with Crippen LogP contribution in [-0.2, 0) is 12.7 Å². The molecule has 0 bridgehead atoms. The summed E-state index contributed by atoms with van der Waals surface area (Å²) < 4.78 is 43.9. The number of nitrogens with one attached hydrogen (secondary N) is 1. The highest BCUT2D eigenvalue weighted by Gasteiger charge is 2.31. The molecule has 1 N–H and O–H groups in total. The van der Waals surface area contributed by atoms with Gasteiger partial charge in [-0.2, -0.15) is 13.2 Å². The van der Waals surface area contributed by atoms with Gasteiger partial charge in [0.05, 0.1) is 12.7 Å². The zero-order valence-corrected chi connectivity index (χ0v) is 12.8. The van der Waals surface area contributed by atoms with Gasteiger partial charge in [0.25, 0.3) is 0 Å². The number of halogens is 4. The highest BCUT2D eigenvalue weighted by Crippen LogP contribution is 2.33. The van der Waals surface area contributed by atoms with E-state index in [1.807, 2.05) is 18.2 Å². The molecule has 0 unspecified atom stereocenters. The van der Waals surface area contributed by atoms with Crippen molar-refractivity contribution in [1.29, 1.82) is 0 Å². The van der Waals surface area contributed by atoms with Crippen LogP contribution in [0.1, 0.15) is 11.1 Å². The van der Waals surface area contributed by atoms with Crippen LogP contribution >= 0.6 is 15.9 Å². The van der Waals surface area contributed by atoms with E-state index in [-0.39, 0.29) is 0 Å². The zero-order valence-electron chi connectivity index (χ0n) is 11.2. The molecule has 112 valence electrons. The summed E-state index contributed by atoms with van der Waals surface area (Å²) in [5.41, 5.74) is 0.565. The molecular weight excluding hydrogens is 347 g/mol. The van der Waals surface area contributed by atoms with Crippen molar-refractivity contribution < 1.29 is 17.9 Å². The second kappa shape index (κ2) is 6.39. The summed E-state index contributed by atoms with van der Waals surface area (Å²) in [6, 6.07) is 11.1. The standard InChI is InChI=1S/C15H13BrF3NO/c1-21-14-5-3-2-4-10(14)9-20-13-7-11(15(17,18)19)6-12(16)8-13/h2-8,20H,9H2,1H3. The van der Waals surface area contributed by atoms with Crippen molar-refractivity contribution in [1.82, 2.24) is 0 Å². The molecule has 0 amide bonds. The Kier molecular flexibility index (Phi) is 4.77. The first-order valence-corrected chi connectivity index (χ1v) is 6.93. The van der Waals surface area contributed by atoms with Crippen LogP contribution in [0, 0.1) is 0 Å². The summed E-state index contributed by atoms with van der Waals surface area (Å²) in [5, 5.41) is 2.98. The largest absolute Gasteiger partial charge is 0.496 e. The molecule has 0 aliphatic heterocycles. The molecule has 0 fully saturated rings. The summed E-state index contributed by atoms with van der Waals surface area (Å²) in [5.74, 6) is 0.691. The van der Waals surface area contributed by atoms with Crippen LogP contribution in [0.2, 0.25) is 0 Å². The maximum atomic E-state index is 12.8. The number of hydrogen-bond acceptors (Lipinski definition) is 2. The molecule has 2 aromatic rings. The van der Waals surface area contributed by atoms with Crippen LogP contribution in [0.3, 0.4) is 0 Å². The Balaban J connectivity index is 2.19. The Hall–Kier alpha value is -1.69. The minimum atomic E-state index is -4.37. The van der Waals surface area contributed by atoms with E-state index in [1.165, 1.54) is 0 Å². The van der Waals surface area contributed by atoms with E-state index < -0.39 is 11.7 Å². The minimum Gasteiger partial charge on any atom is -0.496 e. The highest BCUT2D eigenvalue weighted by atomic mass is 79.9. The molecule has 2 rings (SSSR count). The molecule has 0 spiro atoms. The number of alkyl halides is 3. The lowest BCUT2D eigenvalue weighted by atomic mass is 10.1. The normalized spacial score (nSPS) is 11.3. The van der Waals surface area contributed by atoms with E-state index in [4.69, 9.17) is 4.74 Å². The number of para-hydroxylation sites is 1. The molecule has 0 atom stereocenters. The molecule has 0 aliphatic rings. The molecular formula is C15H13BrF3NO. The molecule has 0 saturated heterocycles. The molecule has 0 saturated carbocycles. The van der Waals surface area contributed by atoms with E-state index in [1.54, 1.807) is 19.2 Å². The molecule has 2 aromatic carbocycles.